The van der Waals surface area contributed by atoms with Gasteiger partial charge < -0.3 is 0 Å². The van der Waals surface area contributed by atoms with E-state index < -0.39 is 11.9 Å². The van der Waals surface area contributed by atoms with Crippen molar-refractivity contribution in [2.24, 2.45) is 0 Å². The molecule has 0 radical (unpaired) electrons. The molecule has 0 saturated heterocycles. The third-order valence-electron chi connectivity index (χ3n) is 3.02. The number of nitrogens with zero attached hydrogens (tertiary/aromatic N) is 1. The van der Waals surface area contributed by atoms with E-state index in [1.807, 2.05) is 13.8 Å². The highest BCUT2D eigenvalue weighted by atomic mass is 19.3. The summed E-state index contributed by atoms with van der Waals surface area (Å²) in [6.07, 6.45) is -0.515. The Balaban J connectivity index is 2.18. The molecular formula is C12H14F3N. The lowest BCUT2D eigenvalue weighted by Crippen LogP contribution is -2.34. The van der Waals surface area contributed by atoms with Gasteiger partial charge in [0.05, 0.1) is 0 Å². The summed E-state index contributed by atoms with van der Waals surface area (Å²) in [5.41, 5.74) is 0.989. The van der Waals surface area contributed by atoms with Crippen LogP contribution in [-0.4, -0.2) is 10.9 Å². The Hall–Kier alpha value is -1.06. The number of pyridine rings is 1. The molecule has 0 bridgehead atoms. The molecule has 0 aromatic carbocycles. The number of halogens is 3. The normalized spacial score (nSPS) is 19.9. The van der Waals surface area contributed by atoms with Crippen LogP contribution in [0, 0.1) is 5.95 Å². The Morgan fingerprint density at radius 1 is 1.31 bits per heavy atom. The Morgan fingerprint density at radius 3 is 2.38 bits per heavy atom. The lowest BCUT2D eigenvalue weighted by Gasteiger charge is -2.35. The fourth-order valence-electron chi connectivity index (χ4n) is 1.97. The quantitative estimate of drug-likeness (QED) is 0.702. The topological polar surface area (TPSA) is 12.9 Å². The van der Waals surface area contributed by atoms with Gasteiger partial charge in [-0.05, 0) is 17.9 Å². The third kappa shape index (κ3) is 2.06. The molecule has 1 aliphatic carbocycles. The zero-order valence-electron chi connectivity index (χ0n) is 9.30. The summed E-state index contributed by atoms with van der Waals surface area (Å²) >= 11 is 0. The number of aromatic nitrogens is 1. The maximum atomic E-state index is 13.6. The van der Waals surface area contributed by atoms with Gasteiger partial charge in [-0.1, -0.05) is 19.9 Å². The van der Waals surface area contributed by atoms with Crippen LogP contribution in [0.2, 0.25) is 0 Å². The van der Waals surface area contributed by atoms with E-state index in [-0.39, 0.29) is 24.7 Å². The Bertz CT molecular complexity index is 393. The Labute approximate surface area is 92.7 Å². The van der Waals surface area contributed by atoms with Crippen molar-refractivity contribution >= 4 is 0 Å². The molecule has 0 spiro atoms. The van der Waals surface area contributed by atoms with Crippen LogP contribution >= 0.6 is 0 Å². The lowest BCUT2D eigenvalue weighted by atomic mass is 9.77. The second-order valence-electron chi connectivity index (χ2n) is 4.73. The number of hydrogen-bond acceptors (Lipinski definition) is 1. The van der Waals surface area contributed by atoms with Gasteiger partial charge in [-0.25, -0.2) is 13.8 Å². The van der Waals surface area contributed by atoms with Crippen molar-refractivity contribution in [3.63, 3.8) is 0 Å². The largest absolute Gasteiger partial charge is 0.249 e. The lowest BCUT2D eigenvalue weighted by molar-refractivity contribution is -0.0874. The molecule has 16 heavy (non-hydrogen) atoms. The van der Waals surface area contributed by atoms with E-state index in [0.717, 1.165) is 0 Å². The Kier molecular flexibility index (Phi) is 2.68. The molecule has 0 N–H and O–H groups in total. The zero-order valence-corrected chi connectivity index (χ0v) is 9.30. The van der Waals surface area contributed by atoms with Crippen molar-refractivity contribution in [2.45, 2.75) is 44.4 Å². The molecule has 0 amide bonds. The van der Waals surface area contributed by atoms with Crippen LogP contribution in [0.1, 0.15) is 49.8 Å². The van der Waals surface area contributed by atoms with Crippen LogP contribution in [0.3, 0.4) is 0 Å². The molecular weight excluding hydrogens is 215 g/mol. The van der Waals surface area contributed by atoms with Crippen molar-refractivity contribution in [2.75, 3.05) is 0 Å². The van der Waals surface area contributed by atoms with Gasteiger partial charge in [0.1, 0.15) is 0 Å². The van der Waals surface area contributed by atoms with Crippen LogP contribution in [0.5, 0.6) is 0 Å². The van der Waals surface area contributed by atoms with Gasteiger partial charge in [-0.2, -0.15) is 4.39 Å². The molecule has 0 unspecified atom stereocenters. The number of alkyl halides is 2. The first-order valence-corrected chi connectivity index (χ1v) is 5.43. The van der Waals surface area contributed by atoms with Gasteiger partial charge in [0.2, 0.25) is 11.9 Å². The number of hydrogen-bond donors (Lipinski definition) is 0. The highest BCUT2D eigenvalue weighted by Gasteiger charge is 2.46. The molecule has 1 saturated carbocycles. The minimum absolute atomic E-state index is 0.145. The van der Waals surface area contributed by atoms with E-state index in [9.17, 15) is 13.2 Å². The standard InChI is InChI=1S/C12H14F3N/c1-7(2)10-4-3-9(11(13)16-10)8-5-12(14,15)6-8/h3-4,7-8H,5-6H2,1-2H3. The predicted molar refractivity (Wildman–Crippen MR) is 55.2 cm³/mol. The van der Waals surface area contributed by atoms with Gasteiger partial charge >= 0.3 is 0 Å². The molecule has 0 aliphatic heterocycles. The van der Waals surface area contributed by atoms with Crippen LogP contribution in [0.25, 0.3) is 0 Å². The molecule has 0 atom stereocenters. The van der Waals surface area contributed by atoms with E-state index in [0.29, 0.717) is 11.3 Å². The summed E-state index contributed by atoms with van der Waals surface area (Å²) in [5.74, 6) is -3.44. The maximum absolute atomic E-state index is 13.6. The fourth-order valence-corrected chi connectivity index (χ4v) is 1.97. The SMILES string of the molecule is CC(C)c1ccc(C2CC(F)(F)C2)c(F)n1. The summed E-state index contributed by atoms with van der Waals surface area (Å²) < 4.78 is 38.9. The summed E-state index contributed by atoms with van der Waals surface area (Å²) in [6.45, 7) is 3.83. The molecule has 1 aromatic heterocycles. The van der Waals surface area contributed by atoms with E-state index >= 15 is 0 Å². The van der Waals surface area contributed by atoms with E-state index in [1.165, 1.54) is 0 Å². The van der Waals surface area contributed by atoms with Crippen molar-refractivity contribution in [3.05, 3.63) is 29.3 Å². The second kappa shape index (κ2) is 3.75. The first kappa shape index (κ1) is 11.4. The molecule has 4 heteroatoms. The number of rotatable bonds is 2. The minimum atomic E-state index is -2.62. The van der Waals surface area contributed by atoms with Gasteiger partial charge in [0.25, 0.3) is 0 Å². The molecule has 1 heterocycles. The highest BCUT2D eigenvalue weighted by molar-refractivity contribution is 5.24. The van der Waals surface area contributed by atoms with Crippen molar-refractivity contribution < 1.29 is 13.2 Å². The summed E-state index contributed by atoms with van der Waals surface area (Å²) in [7, 11) is 0. The van der Waals surface area contributed by atoms with Crippen LogP contribution in [0.4, 0.5) is 13.2 Å². The zero-order chi connectivity index (χ0) is 11.9. The smallest absolute Gasteiger partial charge is 0.224 e. The maximum Gasteiger partial charge on any atom is 0.249 e. The van der Waals surface area contributed by atoms with Gasteiger partial charge in [-0.15, -0.1) is 0 Å². The van der Waals surface area contributed by atoms with Gasteiger partial charge in [-0.3, -0.25) is 0 Å². The molecule has 1 aliphatic rings. The fraction of sp³-hybridized carbons (Fsp3) is 0.583. The van der Waals surface area contributed by atoms with Crippen LogP contribution < -0.4 is 0 Å². The molecule has 2 rings (SSSR count). The van der Waals surface area contributed by atoms with Crippen molar-refractivity contribution in [3.8, 4) is 0 Å². The van der Waals surface area contributed by atoms with Crippen molar-refractivity contribution in [1.29, 1.82) is 0 Å². The molecule has 1 nitrogen and oxygen atoms in total. The average molecular weight is 229 g/mol. The van der Waals surface area contributed by atoms with E-state index in [1.54, 1.807) is 12.1 Å². The summed E-state index contributed by atoms with van der Waals surface area (Å²) in [5, 5.41) is 0. The molecule has 1 fully saturated rings. The first-order valence-electron chi connectivity index (χ1n) is 5.43. The second-order valence-corrected chi connectivity index (χ2v) is 4.73. The first-order chi connectivity index (χ1) is 7.39. The molecule has 88 valence electrons. The third-order valence-corrected chi connectivity index (χ3v) is 3.02. The van der Waals surface area contributed by atoms with E-state index in [2.05, 4.69) is 4.98 Å². The van der Waals surface area contributed by atoms with Gasteiger partial charge in [0.15, 0.2) is 0 Å². The van der Waals surface area contributed by atoms with Crippen LogP contribution in [-0.2, 0) is 0 Å². The average Bonchev–Trinajstić information content (AvgIpc) is 2.13. The monoisotopic (exact) mass is 229 g/mol. The molecule has 1 aromatic rings. The van der Waals surface area contributed by atoms with E-state index in [4.69, 9.17) is 0 Å². The predicted octanol–water partition coefficient (Wildman–Crippen LogP) is 3.86. The highest BCUT2D eigenvalue weighted by Crippen LogP contribution is 2.48. The summed E-state index contributed by atoms with van der Waals surface area (Å²) in [6, 6.07) is 3.32. The van der Waals surface area contributed by atoms with Crippen molar-refractivity contribution in [1.82, 2.24) is 4.98 Å². The summed E-state index contributed by atoms with van der Waals surface area (Å²) in [4.78, 5) is 3.81. The minimum Gasteiger partial charge on any atom is -0.224 e. The van der Waals surface area contributed by atoms with Crippen LogP contribution in [0.15, 0.2) is 12.1 Å². The Morgan fingerprint density at radius 2 is 1.94 bits per heavy atom. The van der Waals surface area contributed by atoms with Gasteiger partial charge in [0, 0.05) is 24.1 Å².